The molecule has 1 aromatic heterocycles. The number of nitrogens with one attached hydrogen (secondary N) is 1. The average molecular weight is 414 g/mol. The summed E-state index contributed by atoms with van der Waals surface area (Å²) < 4.78 is 36.7. The van der Waals surface area contributed by atoms with Crippen LogP contribution in [-0.2, 0) is 21.4 Å². The molecule has 0 fully saturated rings. The molecule has 150 valence electrons. The monoisotopic (exact) mass is 414 g/mol. The van der Waals surface area contributed by atoms with Crippen LogP contribution in [0.25, 0.3) is 11.5 Å². The van der Waals surface area contributed by atoms with Crippen LogP contribution >= 0.6 is 0 Å². The van der Waals surface area contributed by atoms with E-state index in [1.54, 1.807) is 24.3 Å². The van der Waals surface area contributed by atoms with Crippen molar-refractivity contribution in [1.29, 1.82) is 0 Å². The number of hydrogen-bond donors (Lipinski definition) is 1. The Kier molecular flexibility index (Phi) is 4.93. The van der Waals surface area contributed by atoms with E-state index >= 15 is 0 Å². The second-order valence-electron chi connectivity index (χ2n) is 6.45. The predicted molar refractivity (Wildman–Crippen MR) is 105 cm³/mol. The molecule has 0 bridgehead atoms. The molecule has 0 spiro atoms. The van der Waals surface area contributed by atoms with E-state index < -0.39 is 22.0 Å². The summed E-state index contributed by atoms with van der Waals surface area (Å²) in [5.74, 6) is 0.426. The van der Waals surface area contributed by atoms with Crippen LogP contribution in [0.1, 0.15) is 5.89 Å². The second kappa shape index (κ2) is 7.55. The zero-order valence-electron chi connectivity index (χ0n) is 15.5. The fourth-order valence-corrected chi connectivity index (χ4v) is 3.87. The number of benzene rings is 2. The van der Waals surface area contributed by atoms with Gasteiger partial charge in [0.05, 0.1) is 25.0 Å². The van der Waals surface area contributed by atoms with Gasteiger partial charge in [0.1, 0.15) is 5.75 Å². The van der Waals surface area contributed by atoms with Crippen molar-refractivity contribution in [3.8, 4) is 17.2 Å². The molecule has 1 amide bonds. The number of anilines is 1. The first-order valence-electron chi connectivity index (χ1n) is 8.81. The molecule has 29 heavy (non-hydrogen) atoms. The lowest BCUT2D eigenvalue weighted by atomic mass is 10.2. The summed E-state index contributed by atoms with van der Waals surface area (Å²) in [6.07, 6.45) is 0.0873. The molecule has 1 aliphatic heterocycles. The number of sulfonamides is 1. The standard InChI is InChI=1S/C19H18N4O5S/c1-29(25,26)23-12-16(27-15-10-6-5-9-14(15)23)18(24)20-11-17-21-22-19(28-17)13-7-3-2-4-8-13/h2-10,16H,11-12H2,1H3,(H,20,24)/t16-/m1/s1. The number of nitrogens with zero attached hydrogens (tertiary/aromatic N) is 3. The van der Waals surface area contributed by atoms with E-state index in [0.29, 0.717) is 17.3 Å². The van der Waals surface area contributed by atoms with Gasteiger partial charge in [-0.05, 0) is 24.3 Å². The highest BCUT2D eigenvalue weighted by Crippen LogP contribution is 2.34. The Morgan fingerprint density at radius 1 is 1.14 bits per heavy atom. The third kappa shape index (κ3) is 4.06. The number of carbonyl (C=O) groups excluding carboxylic acids is 1. The minimum absolute atomic E-state index is 0.000944. The molecule has 1 N–H and O–H groups in total. The molecule has 0 saturated carbocycles. The van der Waals surface area contributed by atoms with Crippen molar-refractivity contribution >= 4 is 21.6 Å². The minimum Gasteiger partial charge on any atom is -0.476 e. The molecule has 0 unspecified atom stereocenters. The molecule has 9 nitrogen and oxygen atoms in total. The fourth-order valence-electron chi connectivity index (χ4n) is 2.95. The smallest absolute Gasteiger partial charge is 0.263 e. The van der Waals surface area contributed by atoms with Crippen LogP contribution in [0.4, 0.5) is 5.69 Å². The normalized spacial score (nSPS) is 16.0. The van der Waals surface area contributed by atoms with Crippen LogP contribution in [0.5, 0.6) is 5.75 Å². The molecule has 0 aliphatic carbocycles. The first kappa shape index (κ1) is 18.9. The third-order valence-electron chi connectivity index (χ3n) is 4.33. The first-order chi connectivity index (χ1) is 13.9. The molecule has 4 rings (SSSR count). The number of carbonyl (C=O) groups is 1. The van der Waals surface area contributed by atoms with E-state index in [1.165, 1.54) is 0 Å². The molecular formula is C19H18N4O5S. The summed E-state index contributed by atoms with van der Waals surface area (Å²) in [6.45, 7) is -0.125. The van der Waals surface area contributed by atoms with E-state index in [9.17, 15) is 13.2 Å². The van der Waals surface area contributed by atoms with Crippen LogP contribution < -0.4 is 14.4 Å². The predicted octanol–water partition coefficient (Wildman–Crippen LogP) is 1.58. The summed E-state index contributed by atoms with van der Waals surface area (Å²) in [7, 11) is -3.57. The Labute approximate surface area is 167 Å². The molecule has 1 atom stereocenters. The van der Waals surface area contributed by atoms with Gasteiger partial charge in [0, 0.05) is 5.56 Å². The van der Waals surface area contributed by atoms with E-state index in [0.717, 1.165) is 16.1 Å². The molecule has 10 heteroatoms. The van der Waals surface area contributed by atoms with Crippen molar-refractivity contribution in [3.05, 3.63) is 60.5 Å². The van der Waals surface area contributed by atoms with Gasteiger partial charge in [0.15, 0.2) is 6.10 Å². The van der Waals surface area contributed by atoms with Gasteiger partial charge in [-0.3, -0.25) is 9.10 Å². The Balaban J connectivity index is 1.45. The lowest BCUT2D eigenvalue weighted by Gasteiger charge is -2.33. The molecule has 0 radical (unpaired) electrons. The van der Waals surface area contributed by atoms with Crippen LogP contribution in [0.2, 0.25) is 0 Å². The Morgan fingerprint density at radius 2 is 1.86 bits per heavy atom. The highest BCUT2D eigenvalue weighted by Gasteiger charge is 2.34. The average Bonchev–Trinajstić information content (AvgIpc) is 3.20. The zero-order valence-corrected chi connectivity index (χ0v) is 16.3. The SMILES string of the molecule is CS(=O)(=O)N1C[C@H](C(=O)NCc2nnc(-c3ccccc3)o2)Oc2ccccc21. The fraction of sp³-hybridized carbons (Fsp3) is 0.211. The Bertz CT molecular complexity index is 1130. The zero-order chi connectivity index (χ0) is 20.4. The maximum absolute atomic E-state index is 12.6. The quantitative estimate of drug-likeness (QED) is 0.674. The van der Waals surface area contributed by atoms with Crippen molar-refractivity contribution in [2.24, 2.45) is 0 Å². The summed E-state index contributed by atoms with van der Waals surface area (Å²) in [5.41, 5.74) is 1.18. The summed E-state index contributed by atoms with van der Waals surface area (Å²) in [4.78, 5) is 12.6. The molecule has 2 aromatic carbocycles. The van der Waals surface area contributed by atoms with Crippen molar-refractivity contribution in [2.45, 2.75) is 12.6 Å². The van der Waals surface area contributed by atoms with E-state index in [4.69, 9.17) is 9.15 Å². The Hall–Kier alpha value is -3.40. The largest absolute Gasteiger partial charge is 0.476 e. The number of hydrogen-bond acceptors (Lipinski definition) is 7. The van der Waals surface area contributed by atoms with Crippen LogP contribution in [0, 0.1) is 0 Å². The van der Waals surface area contributed by atoms with Gasteiger partial charge < -0.3 is 14.5 Å². The van der Waals surface area contributed by atoms with E-state index in [-0.39, 0.29) is 19.0 Å². The third-order valence-corrected chi connectivity index (χ3v) is 5.48. The van der Waals surface area contributed by atoms with E-state index in [2.05, 4.69) is 15.5 Å². The lowest BCUT2D eigenvalue weighted by molar-refractivity contribution is -0.128. The van der Waals surface area contributed by atoms with Gasteiger partial charge in [0.2, 0.25) is 21.8 Å². The van der Waals surface area contributed by atoms with Gasteiger partial charge in [-0.25, -0.2) is 8.42 Å². The molecule has 1 aliphatic rings. The molecular weight excluding hydrogens is 396 g/mol. The highest BCUT2D eigenvalue weighted by molar-refractivity contribution is 7.92. The number of para-hydroxylation sites is 2. The van der Waals surface area contributed by atoms with Crippen molar-refractivity contribution in [1.82, 2.24) is 15.5 Å². The summed E-state index contributed by atoms with van der Waals surface area (Å²) in [6, 6.07) is 15.9. The van der Waals surface area contributed by atoms with Gasteiger partial charge in [-0.2, -0.15) is 0 Å². The topological polar surface area (TPSA) is 115 Å². The molecule has 3 aromatic rings. The van der Waals surface area contributed by atoms with Crippen LogP contribution in [0.15, 0.2) is 59.0 Å². The number of amides is 1. The number of rotatable bonds is 5. The second-order valence-corrected chi connectivity index (χ2v) is 8.36. The van der Waals surface area contributed by atoms with Gasteiger partial charge in [-0.15, -0.1) is 10.2 Å². The summed E-state index contributed by atoms with van der Waals surface area (Å²) in [5, 5.41) is 10.5. The maximum Gasteiger partial charge on any atom is 0.263 e. The van der Waals surface area contributed by atoms with Crippen LogP contribution in [-0.4, -0.2) is 43.4 Å². The number of fused-ring (bicyclic) bond motifs is 1. The minimum atomic E-state index is -3.57. The van der Waals surface area contributed by atoms with E-state index in [1.807, 2.05) is 30.3 Å². The van der Waals surface area contributed by atoms with Gasteiger partial charge >= 0.3 is 0 Å². The lowest BCUT2D eigenvalue weighted by Crippen LogP contribution is -2.50. The highest BCUT2D eigenvalue weighted by atomic mass is 32.2. The van der Waals surface area contributed by atoms with Gasteiger partial charge in [0.25, 0.3) is 5.91 Å². The molecule has 0 saturated heterocycles. The van der Waals surface area contributed by atoms with Gasteiger partial charge in [-0.1, -0.05) is 30.3 Å². The first-order valence-corrected chi connectivity index (χ1v) is 10.7. The number of ether oxygens (including phenoxy) is 1. The maximum atomic E-state index is 12.6. The van der Waals surface area contributed by atoms with Crippen LogP contribution in [0.3, 0.4) is 0 Å². The molecule has 2 heterocycles. The Morgan fingerprint density at radius 3 is 2.62 bits per heavy atom. The summed E-state index contributed by atoms with van der Waals surface area (Å²) >= 11 is 0. The van der Waals surface area contributed by atoms with Crippen molar-refractivity contribution in [3.63, 3.8) is 0 Å². The van der Waals surface area contributed by atoms with Crippen molar-refractivity contribution < 1.29 is 22.4 Å². The van der Waals surface area contributed by atoms with Crippen molar-refractivity contribution in [2.75, 3.05) is 17.1 Å². The number of aromatic nitrogens is 2.